The minimum atomic E-state index is 0.338. The van der Waals surface area contributed by atoms with Crippen molar-refractivity contribution in [2.24, 2.45) is 0 Å². The van der Waals surface area contributed by atoms with E-state index < -0.39 is 0 Å². The van der Waals surface area contributed by atoms with Gasteiger partial charge < -0.3 is 9.97 Å². The van der Waals surface area contributed by atoms with Gasteiger partial charge in [-0.2, -0.15) is 0 Å². The lowest BCUT2D eigenvalue weighted by molar-refractivity contribution is 0.291. The minimum absolute atomic E-state index is 0.338. The number of para-hydroxylation sites is 1. The summed E-state index contributed by atoms with van der Waals surface area (Å²) in [4.78, 5) is 17.7. The van der Waals surface area contributed by atoms with Crippen LogP contribution < -0.4 is 0 Å². The Labute approximate surface area is 193 Å². The number of fused-ring (bicyclic) bond motifs is 1. The highest BCUT2D eigenvalue weighted by Gasteiger charge is 2.17. The zero-order chi connectivity index (χ0) is 22.5. The maximum atomic E-state index is 7.45. The summed E-state index contributed by atoms with van der Waals surface area (Å²) in [6.45, 7) is 9.16. The van der Waals surface area contributed by atoms with Crippen LogP contribution in [0.5, 0.6) is 0 Å². The van der Waals surface area contributed by atoms with Gasteiger partial charge in [-0.15, -0.1) is 0 Å². The van der Waals surface area contributed by atoms with Crippen molar-refractivity contribution >= 4 is 10.9 Å². The second kappa shape index (κ2) is 9.56. The molecule has 33 heavy (non-hydrogen) atoms. The maximum Gasteiger partial charge on any atom is 0.271 e. The molecule has 3 aromatic carbocycles. The second-order valence-electron chi connectivity index (χ2n) is 8.10. The molecule has 5 rings (SSSR count). The Balaban J connectivity index is 1.40. The molecule has 0 saturated heterocycles. The van der Waals surface area contributed by atoms with Gasteiger partial charge in [-0.3, -0.25) is 4.85 Å². The number of hydrogen-bond acceptors (Lipinski definition) is 2. The first-order valence-corrected chi connectivity index (χ1v) is 11.1. The lowest BCUT2D eigenvalue weighted by Crippen LogP contribution is -2.25. The largest absolute Gasteiger partial charge is 0.361 e. The molecule has 0 aliphatic rings. The minimum Gasteiger partial charge on any atom is -0.361 e. The molecular formula is C28H25N5. The van der Waals surface area contributed by atoms with E-state index >= 15 is 0 Å². The van der Waals surface area contributed by atoms with Crippen LogP contribution in [0.1, 0.15) is 11.4 Å². The Kier molecular flexibility index (Phi) is 6.01. The van der Waals surface area contributed by atoms with Crippen molar-refractivity contribution in [2.75, 3.05) is 13.2 Å². The molecule has 0 atom stereocenters. The number of imidazole rings is 1. The molecule has 0 amide bonds. The van der Waals surface area contributed by atoms with Gasteiger partial charge in [0.2, 0.25) is 0 Å². The van der Waals surface area contributed by atoms with E-state index in [1.807, 2.05) is 42.5 Å². The van der Waals surface area contributed by atoms with Crippen molar-refractivity contribution < 1.29 is 0 Å². The summed E-state index contributed by atoms with van der Waals surface area (Å²) in [6, 6.07) is 28.9. The van der Waals surface area contributed by atoms with Crippen LogP contribution in [0.2, 0.25) is 0 Å². The average molecular weight is 432 g/mol. The summed E-state index contributed by atoms with van der Waals surface area (Å²) in [5.74, 6) is 0.871. The van der Waals surface area contributed by atoms with E-state index in [4.69, 9.17) is 11.6 Å². The number of aromatic amines is 2. The van der Waals surface area contributed by atoms with Crippen LogP contribution in [0.15, 0.2) is 91.1 Å². The fraction of sp³-hybridized carbons (Fsp3) is 0.143. The summed E-state index contributed by atoms with van der Waals surface area (Å²) < 4.78 is 0. The van der Waals surface area contributed by atoms with Crippen LogP contribution in [0, 0.1) is 6.57 Å². The zero-order valence-corrected chi connectivity index (χ0v) is 18.3. The van der Waals surface area contributed by atoms with Crippen LogP contribution in [0.4, 0.5) is 0 Å². The molecule has 0 aliphatic heterocycles. The number of rotatable bonds is 8. The molecule has 0 unspecified atom stereocenters. The van der Waals surface area contributed by atoms with Crippen LogP contribution >= 0.6 is 0 Å². The van der Waals surface area contributed by atoms with E-state index in [0.29, 0.717) is 13.2 Å². The molecule has 0 saturated carbocycles. The third-order valence-corrected chi connectivity index (χ3v) is 5.88. The van der Waals surface area contributed by atoms with Gasteiger partial charge in [0.15, 0.2) is 0 Å². The standard InChI is InChI=1S/C28H25N5/c1-29-20-33(17-16-23-18-30-25-15-9-8-14-24(23)25)19-26-31-27(21-10-4-2-5-11-21)28(32-26)22-12-6-3-7-13-22/h2-15,18,30H,16-17,19-20H2,(H,31,32). The molecule has 0 aliphatic carbocycles. The van der Waals surface area contributed by atoms with E-state index in [1.54, 1.807) is 0 Å². The van der Waals surface area contributed by atoms with Gasteiger partial charge in [-0.25, -0.2) is 16.5 Å². The van der Waals surface area contributed by atoms with Crippen molar-refractivity contribution in [3.8, 4) is 22.5 Å². The second-order valence-corrected chi connectivity index (χ2v) is 8.10. The van der Waals surface area contributed by atoms with E-state index in [0.717, 1.165) is 46.8 Å². The molecule has 2 N–H and O–H groups in total. The van der Waals surface area contributed by atoms with Crippen LogP contribution in [-0.2, 0) is 13.0 Å². The van der Waals surface area contributed by atoms with E-state index in [2.05, 4.69) is 68.4 Å². The topological polar surface area (TPSA) is 52.1 Å². The van der Waals surface area contributed by atoms with Crippen LogP contribution in [0.25, 0.3) is 38.3 Å². The molecule has 0 fully saturated rings. The molecule has 5 heteroatoms. The van der Waals surface area contributed by atoms with Crippen molar-refractivity contribution in [1.29, 1.82) is 0 Å². The smallest absolute Gasteiger partial charge is 0.271 e. The van der Waals surface area contributed by atoms with Crippen molar-refractivity contribution in [3.05, 3.63) is 114 Å². The first kappa shape index (κ1) is 20.7. The van der Waals surface area contributed by atoms with Crippen LogP contribution in [0.3, 0.4) is 0 Å². The third kappa shape index (κ3) is 4.57. The fourth-order valence-corrected chi connectivity index (χ4v) is 4.24. The Morgan fingerprint density at radius 3 is 2.30 bits per heavy atom. The first-order chi connectivity index (χ1) is 16.3. The molecular weight excluding hydrogens is 406 g/mol. The van der Waals surface area contributed by atoms with Gasteiger partial charge in [0.1, 0.15) is 5.82 Å². The summed E-state index contributed by atoms with van der Waals surface area (Å²) >= 11 is 0. The van der Waals surface area contributed by atoms with Gasteiger partial charge in [0, 0.05) is 34.8 Å². The average Bonchev–Trinajstić information content (AvgIpc) is 3.48. The van der Waals surface area contributed by atoms with Gasteiger partial charge in [0.05, 0.1) is 17.9 Å². The third-order valence-electron chi connectivity index (χ3n) is 5.88. The Morgan fingerprint density at radius 2 is 1.55 bits per heavy atom. The lowest BCUT2D eigenvalue weighted by Gasteiger charge is -2.14. The van der Waals surface area contributed by atoms with Gasteiger partial charge in [-0.1, -0.05) is 78.9 Å². The summed E-state index contributed by atoms with van der Waals surface area (Å²) in [7, 11) is 0. The number of benzene rings is 3. The zero-order valence-electron chi connectivity index (χ0n) is 18.3. The lowest BCUT2D eigenvalue weighted by atomic mass is 10.1. The van der Waals surface area contributed by atoms with Crippen LogP contribution in [-0.4, -0.2) is 33.1 Å². The van der Waals surface area contributed by atoms with E-state index in [1.165, 1.54) is 10.9 Å². The number of aromatic nitrogens is 3. The number of nitrogens with zero attached hydrogens (tertiary/aromatic N) is 3. The molecule has 5 nitrogen and oxygen atoms in total. The number of nitrogens with one attached hydrogen (secondary N) is 2. The molecule has 162 valence electrons. The maximum absolute atomic E-state index is 7.45. The highest BCUT2D eigenvalue weighted by atomic mass is 15.2. The van der Waals surface area contributed by atoms with E-state index in [9.17, 15) is 0 Å². The normalized spacial score (nSPS) is 11.2. The quantitative estimate of drug-likeness (QED) is 0.290. The number of hydrogen-bond donors (Lipinski definition) is 2. The number of H-pyrrole nitrogens is 2. The van der Waals surface area contributed by atoms with Crippen molar-refractivity contribution in [3.63, 3.8) is 0 Å². The fourth-order valence-electron chi connectivity index (χ4n) is 4.24. The first-order valence-electron chi connectivity index (χ1n) is 11.1. The predicted octanol–water partition coefficient (Wildman–Crippen LogP) is 6.15. The van der Waals surface area contributed by atoms with Gasteiger partial charge in [-0.05, 0) is 18.1 Å². The monoisotopic (exact) mass is 431 g/mol. The Hall–Kier alpha value is -4.14. The summed E-state index contributed by atoms with van der Waals surface area (Å²) in [5.41, 5.74) is 6.55. The van der Waals surface area contributed by atoms with Crippen molar-refractivity contribution in [1.82, 2.24) is 19.9 Å². The summed E-state index contributed by atoms with van der Waals surface area (Å²) in [6.07, 6.45) is 2.95. The SMILES string of the molecule is [C-]#[N+]CN(CCc1c[nH]c2ccccc12)Cc1nc(-c2ccccc2)c(-c2ccccc2)[nH]1. The molecule has 2 aromatic heterocycles. The summed E-state index contributed by atoms with van der Waals surface area (Å²) in [5, 5.41) is 1.25. The van der Waals surface area contributed by atoms with Crippen molar-refractivity contribution in [2.45, 2.75) is 13.0 Å². The Bertz CT molecular complexity index is 1320. The Morgan fingerprint density at radius 1 is 0.848 bits per heavy atom. The molecule has 0 radical (unpaired) electrons. The molecule has 2 heterocycles. The molecule has 0 bridgehead atoms. The highest BCUT2D eigenvalue weighted by molar-refractivity contribution is 5.83. The molecule has 0 spiro atoms. The highest BCUT2D eigenvalue weighted by Crippen LogP contribution is 2.30. The van der Waals surface area contributed by atoms with Gasteiger partial charge >= 0.3 is 0 Å². The van der Waals surface area contributed by atoms with E-state index in [-0.39, 0.29) is 0 Å². The molecule has 5 aromatic rings. The predicted molar refractivity (Wildman–Crippen MR) is 133 cm³/mol. The van der Waals surface area contributed by atoms with Gasteiger partial charge in [0.25, 0.3) is 6.67 Å².